The van der Waals surface area contributed by atoms with E-state index < -0.39 is 38.4 Å². The number of aromatic nitrogens is 2. The van der Waals surface area contributed by atoms with Crippen LogP contribution in [-0.2, 0) is 16.2 Å². The van der Waals surface area contributed by atoms with Crippen molar-refractivity contribution in [2.75, 3.05) is 10.8 Å². The quantitative estimate of drug-likeness (QED) is 0.766. The fourth-order valence-electron chi connectivity index (χ4n) is 2.83. The first-order valence-electron chi connectivity index (χ1n) is 7.32. The van der Waals surface area contributed by atoms with Crippen molar-refractivity contribution < 1.29 is 26.4 Å². The average molecular weight is 406 g/mol. The summed E-state index contributed by atoms with van der Waals surface area (Å²) in [5.41, 5.74) is -2.27. The molecule has 1 aromatic carbocycles. The minimum atomic E-state index is -4.89. The average Bonchev–Trinajstić information content (AvgIpc) is 2.55. The van der Waals surface area contributed by atoms with Crippen LogP contribution in [0.4, 0.5) is 19.0 Å². The van der Waals surface area contributed by atoms with Crippen LogP contribution in [0.15, 0.2) is 30.6 Å². The summed E-state index contributed by atoms with van der Waals surface area (Å²) in [6, 6.07) is 2.61. The molecular formula is C15H11ClF3N3O3S. The van der Waals surface area contributed by atoms with Crippen LogP contribution in [0, 0.1) is 0 Å². The molecule has 1 aliphatic rings. The zero-order valence-electron chi connectivity index (χ0n) is 13.2. The molecule has 0 fully saturated rings. The zero-order valence-corrected chi connectivity index (χ0v) is 14.7. The van der Waals surface area contributed by atoms with E-state index in [1.807, 2.05) is 0 Å². The second kappa shape index (κ2) is 6.20. The Bertz CT molecular complexity index is 995. The van der Waals surface area contributed by atoms with E-state index in [4.69, 9.17) is 11.6 Å². The van der Waals surface area contributed by atoms with Crippen LogP contribution < -0.4 is 4.31 Å². The lowest BCUT2D eigenvalue weighted by molar-refractivity contribution is -0.138. The molecule has 0 bridgehead atoms. The number of hydrogen-bond acceptors (Lipinski definition) is 5. The van der Waals surface area contributed by atoms with Crippen LogP contribution in [0.5, 0.6) is 0 Å². The second-order valence-electron chi connectivity index (χ2n) is 5.41. The molecule has 0 radical (unpaired) electrons. The minimum absolute atomic E-state index is 0.118. The summed E-state index contributed by atoms with van der Waals surface area (Å²) in [7, 11) is -4.49. The first kappa shape index (κ1) is 18.6. The van der Waals surface area contributed by atoms with E-state index in [0.717, 1.165) is 16.4 Å². The van der Waals surface area contributed by atoms with Gasteiger partial charge in [0.15, 0.2) is 16.8 Å². The third-order valence-corrected chi connectivity index (χ3v) is 6.23. The lowest BCUT2D eigenvalue weighted by Crippen LogP contribution is -2.44. The normalized spacial score (nSPS) is 19.3. The molecule has 1 aliphatic heterocycles. The van der Waals surface area contributed by atoms with Crippen LogP contribution >= 0.6 is 11.6 Å². The van der Waals surface area contributed by atoms with Crippen molar-refractivity contribution in [3.05, 3.63) is 52.4 Å². The van der Waals surface area contributed by atoms with Crippen molar-refractivity contribution >= 4 is 33.2 Å². The summed E-state index contributed by atoms with van der Waals surface area (Å²) >= 11 is 5.64. The molecule has 26 heavy (non-hydrogen) atoms. The Balaban J connectivity index is 2.32. The Morgan fingerprint density at radius 2 is 1.88 bits per heavy atom. The van der Waals surface area contributed by atoms with Crippen molar-refractivity contribution in [3.63, 3.8) is 0 Å². The van der Waals surface area contributed by atoms with Crippen LogP contribution in [0.1, 0.15) is 33.8 Å². The third-order valence-electron chi connectivity index (χ3n) is 3.88. The van der Waals surface area contributed by atoms with Gasteiger partial charge in [0.05, 0.1) is 5.56 Å². The monoisotopic (exact) mass is 405 g/mol. The number of Topliss-reactive ketones (excluding diaryl/α,β-unsaturated/α-hetero) is 1. The molecule has 1 unspecified atom stereocenters. The number of anilines is 1. The van der Waals surface area contributed by atoms with Gasteiger partial charge in [0.25, 0.3) is 10.0 Å². The van der Waals surface area contributed by atoms with Gasteiger partial charge in [0.1, 0.15) is 0 Å². The predicted molar refractivity (Wildman–Crippen MR) is 87.5 cm³/mol. The molecule has 1 atom stereocenters. The van der Waals surface area contributed by atoms with Gasteiger partial charge in [0, 0.05) is 24.0 Å². The molecule has 2 aromatic rings. The van der Waals surface area contributed by atoms with E-state index in [9.17, 15) is 26.4 Å². The topological polar surface area (TPSA) is 80.2 Å². The molecule has 6 nitrogen and oxygen atoms in total. The molecule has 1 aromatic heterocycles. The number of nitrogens with zero attached hydrogens (tertiary/aromatic N) is 3. The predicted octanol–water partition coefficient (Wildman–Crippen LogP) is 3.24. The summed E-state index contributed by atoms with van der Waals surface area (Å²) in [5.74, 6) is -1.26. The number of sulfonamides is 1. The summed E-state index contributed by atoms with van der Waals surface area (Å²) < 4.78 is 66.9. The first-order chi connectivity index (χ1) is 12.1. The van der Waals surface area contributed by atoms with Crippen LogP contribution in [0.3, 0.4) is 0 Å². The summed E-state index contributed by atoms with van der Waals surface area (Å²) in [6.07, 6.45) is -2.52. The highest BCUT2D eigenvalue weighted by molar-refractivity contribution is 7.94. The van der Waals surface area contributed by atoms with E-state index in [2.05, 4.69) is 9.97 Å². The number of carbonyl (C=O) groups is 1. The fourth-order valence-corrected chi connectivity index (χ4v) is 4.90. The van der Waals surface area contributed by atoms with Crippen molar-refractivity contribution in [3.8, 4) is 0 Å². The Morgan fingerprint density at radius 1 is 1.23 bits per heavy atom. The van der Waals surface area contributed by atoms with Gasteiger partial charge in [-0.2, -0.15) is 13.2 Å². The van der Waals surface area contributed by atoms with E-state index in [1.165, 1.54) is 19.3 Å². The number of rotatable bonds is 2. The second-order valence-corrected chi connectivity index (χ2v) is 7.79. The molecule has 0 amide bonds. The molecule has 0 N–H and O–H groups in total. The molecule has 11 heteroatoms. The number of alkyl halides is 3. The molecule has 138 valence electrons. The Morgan fingerprint density at radius 3 is 2.50 bits per heavy atom. The minimum Gasteiger partial charge on any atom is -0.290 e. The maximum absolute atomic E-state index is 13.4. The number of fused-ring (bicyclic) bond motifs is 1. The molecule has 0 aliphatic carbocycles. The van der Waals surface area contributed by atoms with Crippen molar-refractivity contribution in [1.29, 1.82) is 0 Å². The highest BCUT2D eigenvalue weighted by Gasteiger charge is 2.49. The number of carbonyl (C=O) groups excluding carboxylic acids is 1. The van der Waals surface area contributed by atoms with Crippen LogP contribution in [0.2, 0.25) is 5.02 Å². The number of halogens is 4. The van der Waals surface area contributed by atoms with E-state index in [-0.39, 0.29) is 23.1 Å². The number of ketones is 1. The third kappa shape index (κ3) is 2.82. The fraction of sp³-hybridized carbons (Fsp3) is 0.267. The van der Waals surface area contributed by atoms with Gasteiger partial charge in [-0.05, 0) is 24.6 Å². The van der Waals surface area contributed by atoms with E-state index >= 15 is 0 Å². The Labute approximate surface area is 151 Å². The first-order valence-corrected chi connectivity index (χ1v) is 9.20. The number of benzene rings is 1. The lowest BCUT2D eigenvalue weighted by atomic mass is 9.99. The summed E-state index contributed by atoms with van der Waals surface area (Å²) in [4.78, 5) is 20.4. The summed E-state index contributed by atoms with van der Waals surface area (Å²) in [6.45, 7) is 1.36. The maximum Gasteiger partial charge on any atom is 0.416 e. The molecule has 0 saturated carbocycles. The Hall–Kier alpha value is -2.20. The smallest absolute Gasteiger partial charge is 0.290 e. The van der Waals surface area contributed by atoms with Gasteiger partial charge in [-0.15, -0.1) is 0 Å². The van der Waals surface area contributed by atoms with Gasteiger partial charge < -0.3 is 0 Å². The van der Waals surface area contributed by atoms with Crippen LogP contribution in [0.25, 0.3) is 0 Å². The zero-order chi connectivity index (χ0) is 19.3. The lowest BCUT2D eigenvalue weighted by Gasteiger charge is -2.33. The molecule has 0 saturated heterocycles. The molecule has 3 rings (SSSR count). The molecule has 0 spiro atoms. The molecule has 2 heterocycles. The highest BCUT2D eigenvalue weighted by atomic mass is 35.5. The van der Waals surface area contributed by atoms with Crippen LogP contribution in [-0.4, -0.2) is 30.7 Å². The van der Waals surface area contributed by atoms with Crippen molar-refractivity contribution in [2.24, 2.45) is 0 Å². The summed E-state index contributed by atoms with van der Waals surface area (Å²) in [5, 5.41) is -2.31. The van der Waals surface area contributed by atoms with Gasteiger partial charge in [-0.3, -0.25) is 9.10 Å². The van der Waals surface area contributed by atoms with Crippen molar-refractivity contribution in [2.45, 2.75) is 18.3 Å². The van der Waals surface area contributed by atoms with Gasteiger partial charge in [-0.1, -0.05) is 17.7 Å². The van der Waals surface area contributed by atoms with Crippen molar-refractivity contribution in [1.82, 2.24) is 9.97 Å². The van der Waals surface area contributed by atoms with Gasteiger partial charge in [-0.25, -0.2) is 18.4 Å². The van der Waals surface area contributed by atoms with E-state index in [1.54, 1.807) is 0 Å². The molecular weight excluding hydrogens is 395 g/mol. The van der Waals surface area contributed by atoms with Gasteiger partial charge in [0.2, 0.25) is 5.78 Å². The highest BCUT2D eigenvalue weighted by Crippen LogP contribution is 2.43. The number of hydrogen-bond donors (Lipinski definition) is 0. The van der Waals surface area contributed by atoms with Gasteiger partial charge >= 0.3 is 6.18 Å². The Kier molecular flexibility index (Phi) is 4.43. The van der Waals surface area contributed by atoms with E-state index in [0.29, 0.717) is 6.07 Å². The maximum atomic E-state index is 13.4. The standard InChI is InChI=1S/C15H11ClF3N3O3S/c1-2-22-14-11(20-5-6-21-14)12(23)13(26(22,24)25)9-4-3-8(16)7-10(9)15(17,18)19/h3-7,13H,2H2,1H3. The largest absolute Gasteiger partial charge is 0.416 e. The SMILES string of the molecule is CCN1c2nccnc2C(=O)C(c2ccc(Cl)cc2C(F)(F)F)S1(=O)=O.